The van der Waals surface area contributed by atoms with Crippen molar-refractivity contribution in [2.24, 2.45) is 11.3 Å². The van der Waals surface area contributed by atoms with Gasteiger partial charge in [0.25, 0.3) is 0 Å². The highest BCUT2D eigenvalue weighted by atomic mass is 16.6. The molecule has 1 aromatic rings. The number of ether oxygens (including phenoxy) is 1. The van der Waals surface area contributed by atoms with Gasteiger partial charge in [0, 0.05) is 31.4 Å². The summed E-state index contributed by atoms with van der Waals surface area (Å²) in [5.74, 6) is 0.484. The fourth-order valence-electron chi connectivity index (χ4n) is 3.31. The molecule has 7 heteroatoms. The minimum atomic E-state index is -0.481. The van der Waals surface area contributed by atoms with E-state index in [2.05, 4.69) is 15.3 Å². The Morgan fingerprint density at radius 1 is 1.29 bits per heavy atom. The smallest absolute Gasteiger partial charge is 0.410 e. The molecule has 1 atom stereocenters. The van der Waals surface area contributed by atoms with Crippen molar-refractivity contribution in [2.75, 3.05) is 18.4 Å². The first kappa shape index (κ1) is 16.7. The number of nitrogens with zero attached hydrogens (tertiary/aromatic N) is 3. The standard InChI is InChI=1S/C17H24N4O3/c1-16(2,3)24-15(23)21-8-4-17(5-9-21)10-12(17)14(22)20-13-11-18-6-7-19-13/h6-7,11-12H,4-5,8-10H2,1-3H3,(H,19,20,22). The number of aromatic nitrogens is 2. The number of nitrogens with one attached hydrogen (secondary N) is 1. The molecule has 7 nitrogen and oxygen atoms in total. The van der Waals surface area contributed by atoms with E-state index in [1.165, 1.54) is 6.20 Å². The highest BCUT2D eigenvalue weighted by molar-refractivity contribution is 5.94. The molecular weight excluding hydrogens is 308 g/mol. The summed E-state index contributed by atoms with van der Waals surface area (Å²) in [5.41, 5.74) is -0.449. The van der Waals surface area contributed by atoms with Crippen molar-refractivity contribution in [3.8, 4) is 0 Å². The van der Waals surface area contributed by atoms with E-state index in [4.69, 9.17) is 4.74 Å². The number of hydrogen-bond donors (Lipinski definition) is 1. The van der Waals surface area contributed by atoms with Gasteiger partial charge >= 0.3 is 6.09 Å². The molecule has 2 aliphatic rings. The Labute approximate surface area is 141 Å². The molecule has 1 spiro atoms. The van der Waals surface area contributed by atoms with Crippen molar-refractivity contribution in [3.05, 3.63) is 18.6 Å². The van der Waals surface area contributed by atoms with Gasteiger partial charge in [0.15, 0.2) is 5.82 Å². The molecule has 1 saturated heterocycles. The van der Waals surface area contributed by atoms with E-state index in [-0.39, 0.29) is 23.3 Å². The second-order valence-corrected chi connectivity index (χ2v) is 7.67. The third kappa shape index (κ3) is 3.66. The monoisotopic (exact) mass is 332 g/mol. The fourth-order valence-corrected chi connectivity index (χ4v) is 3.31. The molecule has 2 fully saturated rings. The minimum Gasteiger partial charge on any atom is -0.444 e. The molecule has 2 amide bonds. The number of rotatable bonds is 2. The lowest BCUT2D eigenvalue weighted by molar-refractivity contribution is -0.118. The van der Waals surface area contributed by atoms with Crippen molar-refractivity contribution in [1.82, 2.24) is 14.9 Å². The van der Waals surface area contributed by atoms with E-state index in [0.29, 0.717) is 18.9 Å². The number of hydrogen-bond acceptors (Lipinski definition) is 5. The molecule has 1 aliphatic heterocycles. The average molecular weight is 332 g/mol. The van der Waals surface area contributed by atoms with Crippen molar-refractivity contribution in [2.45, 2.75) is 45.6 Å². The summed E-state index contributed by atoms with van der Waals surface area (Å²) < 4.78 is 5.41. The molecule has 1 aromatic heterocycles. The molecule has 1 aliphatic carbocycles. The van der Waals surface area contributed by atoms with Gasteiger partial charge in [0.05, 0.1) is 6.20 Å². The Bertz CT molecular complexity index is 618. The average Bonchev–Trinajstić information content (AvgIpc) is 3.21. The third-order valence-corrected chi connectivity index (χ3v) is 4.73. The van der Waals surface area contributed by atoms with Crippen LogP contribution < -0.4 is 5.32 Å². The van der Waals surface area contributed by atoms with Crippen LogP contribution in [0.5, 0.6) is 0 Å². The third-order valence-electron chi connectivity index (χ3n) is 4.73. The first-order valence-corrected chi connectivity index (χ1v) is 8.34. The highest BCUT2D eigenvalue weighted by Crippen LogP contribution is 2.59. The second-order valence-electron chi connectivity index (χ2n) is 7.67. The molecule has 1 saturated carbocycles. The van der Waals surface area contributed by atoms with Gasteiger partial charge in [-0.1, -0.05) is 0 Å². The van der Waals surface area contributed by atoms with E-state index >= 15 is 0 Å². The Balaban J connectivity index is 1.50. The van der Waals surface area contributed by atoms with E-state index in [1.807, 2.05) is 20.8 Å². The number of likely N-dealkylation sites (tertiary alicyclic amines) is 1. The zero-order valence-corrected chi connectivity index (χ0v) is 14.4. The lowest BCUT2D eigenvalue weighted by Crippen LogP contribution is -2.43. The summed E-state index contributed by atoms with van der Waals surface area (Å²) in [6.07, 6.45) is 6.95. The lowest BCUT2D eigenvalue weighted by atomic mass is 9.91. The van der Waals surface area contributed by atoms with Crippen LogP contribution in [0.15, 0.2) is 18.6 Å². The SMILES string of the molecule is CC(C)(C)OC(=O)N1CCC2(CC1)CC2C(=O)Nc1cnccn1. The zero-order chi connectivity index (χ0) is 17.4. The molecule has 0 bridgehead atoms. The van der Waals surface area contributed by atoms with Gasteiger partial charge in [-0.3, -0.25) is 9.78 Å². The Hall–Kier alpha value is -2.18. The summed E-state index contributed by atoms with van der Waals surface area (Å²) in [5, 5.41) is 2.82. The molecule has 3 rings (SSSR count). The van der Waals surface area contributed by atoms with Crippen LogP contribution in [0.25, 0.3) is 0 Å². The molecule has 2 heterocycles. The van der Waals surface area contributed by atoms with Crippen LogP contribution in [0.1, 0.15) is 40.0 Å². The molecule has 130 valence electrons. The lowest BCUT2D eigenvalue weighted by Gasteiger charge is -2.34. The second kappa shape index (κ2) is 6.03. The van der Waals surface area contributed by atoms with Crippen LogP contribution in [0.3, 0.4) is 0 Å². The molecule has 0 aromatic carbocycles. The summed E-state index contributed by atoms with van der Waals surface area (Å²) in [4.78, 5) is 34.2. The maximum atomic E-state index is 12.4. The predicted molar refractivity (Wildman–Crippen MR) is 88.2 cm³/mol. The predicted octanol–water partition coefficient (Wildman–Crippen LogP) is 2.45. The van der Waals surface area contributed by atoms with Crippen LogP contribution in [0, 0.1) is 11.3 Å². The zero-order valence-electron chi connectivity index (χ0n) is 14.4. The first-order valence-electron chi connectivity index (χ1n) is 8.34. The molecule has 1 unspecified atom stereocenters. The Morgan fingerprint density at radius 3 is 2.58 bits per heavy atom. The van der Waals surface area contributed by atoms with Gasteiger partial charge in [0.1, 0.15) is 5.60 Å². The van der Waals surface area contributed by atoms with Crippen molar-refractivity contribution >= 4 is 17.8 Å². The van der Waals surface area contributed by atoms with E-state index in [9.17, 15) is 9.59 Å². The van der Waals surface area contributed by atoms with Gasteiger partial charge in [-0.05, 0) is 45.4 Å². The van der Waals surface area contributed by atoms with E-state index in [1.54, 1.807) is 17.3 Å². The van der Waals surface area contributed by atoms with Crippen molar-refractivity contribution in [1.29, 1.82) is 0 Å². The van der Waals surface area contributed by atoms with Gasteiger partial charge in [-0.2, -0.15) is 0 Å². The molecule has 1 N–H and O–H groups in total. The summed E-state index contributed by atoms with van der Waals surface area (Å²) in [7, 11) is 0. The number of carbonyl (C=O) groups excluding carboxylic acids is 2. The van der Waals surface area contributed by atoms with Crippen LogP contribution in [0.2, 0.25) is 0 Å². The number of carbonyl (C=O) groups is 2. The molecular formula is C17H24N4O3. The van der Waals surface area contributed by atoms with E-state index < -0.39 is 5.60 Å². The largest absolute Gasteiger partial charge is 0.444 e. The van der Waals surface area contributed by atoms with Crippen LogP contribution in [-0.2, 0) is 9.53 Å². The van der Waals surface area contributed by atoms with Gasteiger partial charge < -0.3 is 15.0 Å². The quantitative estimate of drug-likeness (QED) is 0.899. The summed E-state index contributed by atoms with van der Waals surface area (Å²) in [6.45, 7) is 6.88. The molecule has 24 heavy (non-hydrogen) atoms. The Kier molecular flexibility index (Phi) is 4.19. The van der Waals surface area contributed by atoms with Crippen LogP contribution >= 0.6 is 0 Å². The fraction of sp³-hybridized carbons (Fsp3) is 0.647. The van der Waals surface area contributed by atoms with Crippen molar-refractivity contribution < 1.29 is 14.3 Å². The maximum absolute atomic E-state index is 12.4. The van der Waals surface area contributed by atoms with Gasteiger partial charge in [-0.25, -0.2) is 9.78 Å². The van der Waals surface area contributed by atoms with E-state index in [0.717, 1.165) is 19.3 Å². The van der Waals surface area contributed by atoms with Crippen molar-refractivity contribution in [3.63, 3.8) is 0 Å². The maximum Gasteiger partial charge on any atom is 0.410 e. The first-order chi connectivity index (χ1) is 11.3. The van der Waals surface area contributed by atoms with Crippen LogP contribution in [0.4, 0.5) is 10.6 Å². The number of anilines is 1. The van der Waals surface area contributed by atoms with Crippen LogP contribution in [-0.4, -0.2) is 45.6 Å². The topological polar surface area (TPSA) is 84.4 Å². The number of piperidine rings is 1. The normalized spacial score (nSPS) is 22.1. The Morgan fingerprint density at radius 2 is 2.00 bits per heavy atom. The van der Waals surface area contributed by atoms with Gasteiger partial charge in [-0.15, -0.1) is 0 Å². The molecule has 0 radical (unpaired) electrons. The number of amides is 2. The van der Waals surface area contributed by atoms with Gasteiger partial charge in [0.2, 0.25) is 5.91 Å². The summed E-state index contributed by atoms with van der Waals surface area (Å²) in [6, 6.07) is 0. The minimum absolute atomic E-state index is 0.000271. The summed E-state index contributed by atoms with van der Waals surface area (Å²) >= 11 is 0. The highest BCUT2D eigenvalue weighted by Gasteiger charge is 2.58.